The quantitative estimate of drug-likeness (QED) is 0.463. The third-order valence-corrected chi connectivity index (χ3v) is 4.13. The maximum Gasteiger partial charge on any atom is 0.352 e. The summed E-state index contributed by atoms with van der Waals surface area (Å²) < 4.78 is 0. The number of fused-ring (bicyclic) bond motifs is 1. The number of halogens is 2. The first-order chi connectivity index (χ1) is 12.0. The van der Waals surface area contributed by atoms with E-state index in [0.717, 1.165) is 5.56 Å². The smallest absolute Gasteiger partial charge is 0.316 e. The number of rotatable bonds is 4. The topological polar surface area (TPSA) is 59.0 Å². The van der Waals surface area contributed by atoms with Crippen molar-refractivity contribution in [3.63, 3.8) is 0 Å². The Hall–Kier alpha value is -2.37. The van der Waals surface area contributed by atoms with Crippen molar-refractivity contribution in [2.75, 3.05) is 4.90 Å². The maximum atomic E-state index is 12.8. The van der Waals surface area contributed by atoms with Crippen LogP contribution in [0, 0.1) is 0 Å². The SMILES string of the molecule is CC(Cl)C(=O)O/N=C1/C(=O)N(Cc2ccc(Cl)cc2)c2ccccc21. The standard InChI is InChI=1S/C18H14Cl2N2O3/c1-11(19)18(24)25-21-16-14-4-2-3-5-15(14)22(17(16)23)10-12-6-8-13(20)9-7-12/h2-9,11H,10H2,1H3/b21-16+. The van der Waals surface area contributed by atoms with Crippen molar-refractivity contribution in [2.45, 2.75) is 18.8 Å². The maximum absolute atomic E-state index is 12.8. The van der Waals surface area contributed by atoms with Gasteiger partial charge >= 0.3 is 5.97 Å². The molecule has 128 valence electrons. The first kappa shape index (κ1) is 17.5. The molecule has 1 atom stereocenters. The lowest BCUT2D eigenvalue weighted by molar-refractivity contribution is -0.142. The minimum atomic E-state index is -0.846. The highest BCUT2D eigenvalue weighted by molar-refractivity contribution is 6.54. The number of amides is 1. The molecule has 0 saturated carbocycles. The summed E-state index contributed by atoms with van der Waals surface area (Å²) >= 11 is 11.5. The van der Waals surface area contributed by atoms with E-state index in [2.05, 4.69) is 5.16 Å². The van der Waals surface area contributed by atoms with Gasteiger partial charge in [-0.25, -0.2) is 4.79 Å². The van der Waals surface area contributed by atoms with Crippen molar-refractivity contribution >= 4 is 46.5 Å². The van der Waals surface area contributed by atoms with Gasteiger partial charge in [-0.2, -0.15) is 0 Å². The van der Waals surface area contributed by atoms with Gasteiger partial charge in [-0.3, -0.25) is 4.79 Å². The van der Waals surface area contributed by atoms with Crippen LogP contribution in [0.2, 0.25) is 5.02 Å². The summed E-state index contributed by atoms with van der Waals surface area (Å²) in [6.07, 6.45) is 0. The second kappa shape index (κ2) is 7.25. The molecule has 1 unspecified atom stereocenters. The Kier molecular flexibility index (Phi) is 5.06. The summed E-state index contributed by atoms with van der Waals surface area (Å²) in [5.41, 5.74) is 2.31. The molecular weight excluding hydrogens is 363 g/mol. The lowest BCUT2D eigenvalue weighted by Crippen LogP contribution is -2.30. The minimum absolute atomic E-state index is 0.0789. The van der Waals surface area contributed by atoms with Crippen LogP contribution in [0.15, 0.2) is 53.7 Å². The Labute approximate surface area is 154 Å². The molecule has 1 aliphatic rings. The third kappa shape index (κ3) is 3.67. The van der Waals surface area contributed by atoms with Crippen molar-refractivity contribution < 1.29 is 14.4 Å². The van der Waals surface area contributed by atoms with Crippen LogP contribution in [0.5, 0.6) is 0 Å². The number of oxime groups is 1. The molecule has 0 bridgehead atoms. The highest BCUT2D eigenvalue weighted by Crippen LogP contribution is 2.31. The van der Waals surface area contributed by atoms with Crippen molar-refractivity contribution in [2.24, 2.45) is 5.16 Å². The zero-order chi connectivity index (χ0) is 18.0. The van der Waals surface area contributed by atoms with Crippen LogP contribution in [0.25, 0.3) is 0 Å². The van der Waals surface area contributed by atoms with Gasteiger partial charge in [0.2, 0.25) is 0 Å². The number of carbonyl (C=O) groups excluding carboxylic acids is 2. The Balaban J connectivity index is 1.91. The van der Waals surface area contributed by atoms with Crippen molar-refractivity contribution in [3.05, 3.63) is 64.7 Å². The summed E-state index contributed by atoms with van der Waals surface area (Å²) in [6, 6.07) is 14.4. The molecule has 0 saturated heterocycles. The van der Waals surface area contributed by atoms with Gasteiger partial charge in [-0.05, 0) is 30.7 Å². The molecule has 25 heavy (non-hydrogen) atoms. The molecule has 0 N–H and O–H groups in total. The van der Waals surface area contributed by atoms with E-state index in [4.69, 9.17) is 28.0 Å². The number of hydrogen-bond acceptors (Lipinski definition) is 4. The molecule has 3 rings (SSSR count). The predicted molar refractivity (Wildman–Crippen MR) is 97.0 cm³/mol. The molecule has 2 aromatic carbocycles. The molecule has 1 heterocycles. The van der Waals surface area contributed by atoms with E-state index in [1.54, 1.807) is 29.2 Å². The van der Waals surface area contributed by atoms with Crippen LogP contribution in [-0.4, -0.2) is 23.0 Å². The van der Waals surface area contributed by atoms with Gasteiger partial charge in [-0.15, -0.1) is 11.6 Å². The van der Waals surface area contributed by atoms with E-state index in [-0.39, 0.29) is 11.6 Å². The number of benzene rings is 2. The van der Waals surface area contributed by atoms with E-state index in [1.807, 2.05) is 24.3 Å². The highest BCUT2D eigenvalue weighted by Gasteiger charge is 2.34. The number of hydrogen-bond donors (Lipinski definition) is 0. The summed E-state index contributed by atoms with van der Waals surface area (Å²) in [6.45, 7) is 1.83. The fraction of sp³-hybridized carbons (Fsp3) is 0.167. The fourth-order valence-corrected chi connectivity index (χ4v) is 2.61. The first-order valence-electron chi connectivity index (χ1n) is 7.56. The summed E-state index contributed by atoms with van der Waals surface area (Å²) in [5, 5.41) is 3.52. The molecule has 5 nitrogen and oxygen atoms in total. The number of nitrogens with zero attached hydrogens (tertiary/aromatic N) is 2. The number of para-hydroxylation sites is 1. The number of alkyl halides is 1. The van der Waals surface area contributed by atoms with Gasteiger partial charge in [0.15, 0.2) is 5.71 Å². The molecule has 1 aliphatic heterocycles. The van der Waals surface area contributed by atoms with Crippen molar-refractivity contribution in [3.8, 4) is 0 Å². The van der Waals surface area contributed by atoms with Crippen molar-refractivity contribution in [1.82, 2.24) is 0 Å². The Bertz CT molecular complexity index is 848. The zero-order valence-corrected chi connectivity index (χ0v) is 14.8. The lowest BCUT2D eigenvalue weighted by Gasteiger charge is -2.16. The van der Waals surface area contributed by atoms with Crippen LogP contribution in [-0.2, 0) is 21.0 Å². The van der Waals surface area contributed by atoms with Crippen LogP contribution in [0.4, 0.5) is 5.69 Å². The van der Waals surface area contributed by atoms with Gasteiger partial charge in [0, 0.05) is 10.6 Å². The third-order valence-electron chi connectivity index (χ3n) is 3.70. The van der Waals surface area contributed by atoms with Gasteiger partial charge < -0.3 is 9.74 Å². The molecule has 0 aromatic heterocycles. The van der Waals surface area contributed by atoms with Gasteiger partial charge in [-0.1, -0.05) is 47.1 Å². The average Bonchev–Trinajstić information content (AvgIpc) is 2.86. The molecule has 0 radical (unpaired) electrons. The second-order valence-corrected chi connectivity index (χ2v) is 6.59. The van der Waals surface area contributed by atoms with Gasteiger partial charge in [0.25, 0.3) is 5.91 Å². The fourth-order valence-electron chi connectivity index (χ4n) is 2.44. The van der Waals surface area contributed by atoms with E-state index in [1.165, 1.54) is 6.92 Å². The lowest BCUT2D eigenvalue weighted by atomic mass is 10.1. The van der Waals surface area contributed by atoms with Gasteiger partial charge in [0.05, 0.1) is 12.2 Å². The molecule has 0 fully saturated rings. The Morgan fingerprint density at radius 1 is 1.20 bits per heavy atom. The molecular formula is C18H14Cl2N2O3. The van der Waals surface area contributed by atoms with E-state index in [0.29, 0.717) is 22.8 Å². The first-order valence-corrected chi connectivity index (χ1v) is 8.37. The van der Waals surface area contributed by atoms with Crippen LogP contribution in [0.3, 0.4) is 0 Å². The monoisotopic (exact) mass is 376 g/mol. The van der Waals surface area contributed by atoms with Gasteiger partial charge in [0.1, 0.15) is 5.38 Å². The summed E-state index contributed by atoms with van der Waals surface area (Å²) in [4.78, 5) is 30.6. The average molecular weight is 377 g/mol. The number of anilines is 1. The number of carbonyl (C=O) groups is 2. The largest absolute Gasteiger partial charge is 0.352 e. The molecule has 2 aromatic rings. The second-order valence-electron chi connectivity index (χ2n) is 5.50. The summed E-state index contributed by atoms with van der Waals surface area (Å²) in [7, 11) is 0. The van der Waals surface area contributed by atoms with Crippen LogP contribution >= 0.6 is 23.2 Å². The minimum Gasteiger partial charge on any atom is -0.316 e. The molecule has 0 spiro atoms. The van der Waals surface area contributed by atoms with Crippen LogP contribution < -0.4 is 4.90 Å². The zero-order valence-electron chi connectivity index (χ0n) is 13.3. The van der Waals surface area contributed by atoms with E-state index in [9.17, 15) is 9.59 Å². The van der Waals surface area contributed by atoms with Crippen molar-refractivity contribution in [1.29, 1.82) is 0 Å². The molecule has 0 aliphatic carbocycles. The summed E-state index contributed by atoms with van der Waals surface area (Å²) in [5.74, 6) is -1.05. The predicted octanol–water partition coefficient (Wildman–Crippen LogP) is 3.76. The van der Waals surface area contributed by atoms with E-state index >= 15 is 0 Å². The normalized spacial score (nSPS) is 16.0. The molecule has 7 heteroatoms. The Morgan fingerprint density at radius 2 is 1.88 bits per heavy atom. The molecule has 1 amide bonds. The van der Waals surface area contributed by atoms with Crippen LogP contribution in [0.1, 0.15) is 18.1 Å². The highest BCUT2D eigenvalue weighted by atomic mass is 35.5. The Morgan fingerprint density at radius 3 is 2.56 bits per heavy atom. The van der Waals surface area contributed by atoms with E-state index < -0.39 is 11.3 Å².